The standard InChI is InChI=1S/C12H9N3O4S/c16-9(17)4-3-7-6-14-12(20-7)15-11(19)8-2-1-5-13-10(8)18/h1-6H,(H,13,18)(H,16,17)(H,14,15,19). The molecule has 0 atom stereocenters. The number of H-pyrrole nitrogens is 1. The third kappa shape index (κ3) is 3.39. The molecule has 2 aromatic rings. The molecular formula is C12H9N3O4S. The summed E-state index contributed by atoms with van der Waals surface area (Å²) in [5, 5.41) is 11.3. The van der Waals surface area contributed by atoms with E-state index in [0.29, 0.717) is 4.88 Å². The number of hydrogen-bond acceptors (Lipinski definition) is 5. The summed E-state index contributed by atoms with van der Waals surface area (Å²) in [4.78, 5) is 40.5. The van der Waals surface area contributed by atoms with Crippen LogP contribution in [0.1, 0.15) is 15.2 Å². The summed E-state index contributed by atoms with van der Waals surface area (Å²) in [6.45, 7) is 0. The molecule has 2 heterocycles. The number of amides is 1. The van der Waals surface area contributed by atoms with E-state index < -0.39 is 17.4 Å². The van der Waals surface area contributed by atoms with Gasteiger partial charge in [-0.1, -0.05) is 11.3 Å². The van der Waals surface area contributed by atoms with Crippen LogP contribution in [-0.4, -0.2) is 27.0 Å². The molecule has 0 fully saturated rings. The van der Waals surface area contributed by atoms with Crippen LogP contribution in [0, 0.1) is 0 Å². The van der Waals surface area contributed by atoms with Crippen molar-refractivity contribution < 1.29 is 14.7 Å². The Morgan fingerprint density at radius 1 is 1.45 bits per heavy atom. The third-order valence-corrected chi connectivity index (χ3v) is 3.08. The number of anilines is 1. The van der Waals surface area contributed by atoms with Crippen LogP contribution in [-0.2, 0) is 4.79 Å². The number of aromatic amines is 1. The Morgan fingerprint density at radius 3 is 2.95 bits per heavy atom. The lowest BCUT2D eigenvalue weighted by molar-refractivity contribution is -0.131. The third-order valence-electron chi connectivity index (χ3n) is 2.20. The van der Waals surface area contributed by atoms with E-state index >= 15 is 0 Å². The minimum atomic E-state index is -1.07. The Morgan fingerprint density at radius 2 is 2.25 bits per heavy atom. The van der Waals surface area contributed by atoms with Crippen LogP contribution >= 0.6 is 11.3 Å². The van der Waals surface area contributed by atoms with Gasteiger partial charge in [-0.05, 0) is 18.2 Å². The minimum absolute atomic E-state index is 0.0228. The molecule has 0 unspecified atom stereocenters. The first-order valence-corrected chi connectivity index (χ1v) is 6.24. The van der Waals surface area contributed by atoms with Crippen molar-refractivity contribution in [1.29, 1.82) is 0 Å². The van der Waals surface area contributed by atoms with Gasteiger partial charge in [0.1, 0.15) is 5.56 Å². The highest BCUT2D eigenvalue weighted by Crippen LogP contribution is 2.19. The summed E-state index contributed by atoms with van der Waals surface area (Å²) in [5.41, 5.74) is -0.516. The molecule has 102 valence electrons. The Bertz CT molecular complexity index is 732. The zero-order chi connectivity index (χ0) is 14.5. The molecule has 0 aliphatic heterocycles. The summed E-state index contributed by atoms with van der Waals surface area (Å²) in [6.07, 6.45) is 5.19. The van der Waals surface area contributed by atoms with Crippen molar-refractivity contribution in [2.45, 2.75) is 0 Å². The molecule has 1 amide bonds. The predicted molar refractivity (Wildman–Crippen MR) is 73.8 cm³/mol. The smallest absolute Gasteiger partial charge is 0.328 e. The molecular weight excluding hydrogens is 282 g/mol. The number of thiazole rings is 1. The van der Waals surface area contributed by atoms with Gasteiger partial charge in [-0.25, -0.2) is 9.78 Å². The first kappa shape index (κ1) is 13.7. The highest BCUT2D eigenvalue weighted by atomic mass is 32.1. The zero-order valence-electron chi connectivity index (χ0n) is 9.99. The summed E-state index contributed by atoms with van der Waals surface area (Å²) in [6, 6.07) is 2.94. The van der Waals surface area contributed by atoms with E-state index in [1.54, 1.807) is 6.07 Å². The lowest BCUT2D eigenvalue weighted by Crippen LogP contribution is -2.22. The van der Waals surface area contributed by atoms with E-state index in [9.17, 15) is 14.4 Å². The van der Waals surface area contributed by atoms with Gasteiger partial charge in [-0.2, -0.15) is 0 Å². The van der Waals surface area contributed by atoms with Crippen molar-refractivity contribution in [2.24, 2.45) is 0 Å². The Balaban J connectivity index is 2.11. The highest BCUT2D eigenvalue weighted by molar-refractivity contribution is 7.16. The van der Waals surface area contributed by atoms with Gasteiger partial charge >= 0.3 is 5.97 Å². The molecule has 0 aliphatic carbocycles. The number of rotatable bonds is 4. The molecule has 20 heavy (non-hydrogen) atoms. The lowest BCUT2D eigenvalue weighted by Gasteiger charge is -1.99. The number of nitrogens with zero attached hydrogens (tertiary/aromatic N) is 1. The van der Waals surface area contributed by atoms with Crippen molar-refractivity contribution in [3.63, 3.8) is 0 Å². The van der Waals surface area contributed by atoms with E-state index in [1.165, 1.54) is 24.5 Å². The Labute approximate surface area is 116 Å². The van der Waals surface area contributed by atoms with Crippen LogP contribution in [0.3, 0.4) is 0 Å². The molecule has 2 aromatic heterocycles. The van der Waals surface area contributed by atoms with Crippen molar-refractivity contribution in [1.82, 2.24) is 9.97 Å². The fraction of sp³-hybridized carbons (Fsp3) is 0. The number of aliphatic carboxylic acids is 1. The first-order valence-electron chi connectivity index (χ1n) is 5.42. The van der Waals surface area contributed by atoms with Gasteiger partial charge in [0.15, 0.2) is 5.13 Å². The number of nitrogens with one attached hydrogen (secondary N) is 2. The molecule has 0 spiro atoms. The fourth-order valence-corrected chi connectivity index (χ4v) is 2.05. The van der Waals surface area contributed by atoms with Crippen LogP contribution in [0.15, 0.2) is 35.4 Å². The first-order chi connectivity index (χ1) is 9.56. The maximum absolute atomic E-state index is 11.8. The molecule has 0 radical (unpaired) electrons. The minimum Gasteiger partial charge on any atom is -0.478 e. The zero-order valence-corrected chi connectivity index (χ0v) is 10.8. The Kier molecular flexibility index (Phi) is 4.06. The summed E-state index contributed by atoms with van der Waals surface area (Å²) in [5.74, 6) is -1.64. The van der Waals surface area contributed by atoms with Crippen molar-refractivity contribution >= 4 is 34.4 Å². The summed E-state index contributed by atoms with van der Waals surface area (Å²) >= 11 is 1.10. The molecule has 0 bridgehead atoms. The molecule has 0 aromatic carbocycles. The van der Waals surface area contributed by atoms with E-state index in [1.807, 2.05) is 0 Å². The van der Waals surface area contributed by atoms with Gasteiger partial charge in [-0.3, -0.25) is 14.9 Å². The molecule has 2 rings (SSSR count). The number of hydrogen-bond donors (Lipinski definition) is 3. The molecule has 8 heteroatoms. The van der Waals surface area contributed by atoms with Crippen molar-refractivity contribution in [2.75, 3.05) is 5.32 Å². The monoisotopic (exact) mass is 291 g/mol. The average molecular weight is 291 g/mol. The van der Waals surface area contributed by atoms with E-state index in [2.05, 4.69) is 15.3 Å². The van der Waals surface area contributed by atoms with Crippen molar-refractivity contribution in [3.8, 4) is 0 Å². The van der Waals surface area contributed by atoms with Gasteiger partial charge in [0.05, 0.1) is 0 Å². The van der Waals surface area contributed by atoms with Crippen LogP contribution in [0.2, 0.25) is 0 Å². The molecule has 7 nitrogen and oxygen atoms in total. The maximum atomic E-state index is 11.8. The van der Waals surface area contributed by atoms with Crippen LogP contribution in [0.5, 0.6) is 0 Å². The molecule has 3 N–H and O–H groups in total. The van der Waals surface area contributed by atoms with Crippen LogP contribution in [0.4, 0.5) is 5.13 Å². The summed E-state index contributed by atoms with van der Waals surface area (Å²) in [7, 11) is 0. The maximum Gasteiger partial charge on any atom is 0.328 e. The second kappa shape index (κ2) is 5.93. The lowest BCUT2D eigenvalue weighted by atomic mass is 10.3. The molecule has 0 saturated carbocycles. The van der Waals surface area contributed by atoms with E-state index in [-0.39, 0.29) is 10.7 Å². The molecule has 0 aliphatic rings. The number of carbonyl (C=O) groups is 2. The van der Waals surface area contributed by atoms with E-state index in [4.69, 9.17) is 5.11 Å². The SMILES string of the molecule is O=C(O)C=Cc1cnc(NC(=O)c2ccc[nH]c2=O)s1. The van der Waals surface area contributed by atoms with E-state index in [0.717, 1.165) is 17.4 Å². The number of aromatic nitrogens is 2. The number of carbonyl (C=O) groups excluding carboxylic acids is 1. The fourth-order valence-electron chi connectivity index (χ4n) is 1.34. The second-order valence-corrected chi connectivity index (χ2v) is 4.67. The summed E-state index contributed by atoms with van der Waals surface area (Å²) < 4.78 is 0. The largest absolute Gasteiger partial charge is 0.478 e. The Hall–Kier alpha value is -2.74. The number of carboxylic acids is 1. The number of carboxylic acid groups (broad SMARTS) is 1. The van der Waals surface area contributed by atoms with Gasteiger partial charge in [-0.15, -0.1) is 0 Å². The van der Waals surface area contributed by atoms with Gasteiger partial charge in [0, 0.05) is 23.3 Å². The quantitative estimate of drug-likeness (QED) is 0.732. The highest BCUT2D eigenvalue weighted by Gasteiger charge is 2.11. The van der Waals surface area contributed by atoms with Crippen LogP contribution < -0.4 is 10.9 Å². The molecule has 0 saturated heterocycles. The van der Waals surface area contributed by atoms with Gasteiger partial charge in [0.2, 0.25) is 0 Å². The average Bonchev–Trinajstić information content (AvgIpc) is 2.84. The topological polar surface area (TPSA) is 112 Å². The second-order valence-electron chi connectivity index (χ2n) is 3.61. The number of pyridine rings is 1. The normalized spacial score (nSPS) is 10.6. The predicted octanol–water partition coefficient (Wildman–Crippen LogP) is 1.18. The van der Waals surface area contributed by atoms with Crippen LogP contribution in [0.25, 0.3) is 6.08 Å². The van der Waals surface area contributed by atoms with Crippen molar-refractivity contribution in [3.05, 3.63) is 51.4 Å². The van der Waals surface area contributed by atoms with Gasteiger partial charge in [0.25, 0.3) is 11.5 Å². The van der Waals surface area contributed by atoms with Gasteiger partial charge < -0.3 is 10.1 Å².